The smallest absolute Gasteiger partial charge is 0.469 e. The molecule has 0 aliphatic heterocycles. The molecule has 0 radical (unpaired) electrons. The molecule has 0 saturated heterocycles. The van der Waals surface area contributed by atoms with Crippen molar-refractivity contribution in [3.63, 3.8) is 0 Å². The Hall–Kier alpha value is -2.35. The molecule has 3 rings (SSSR count). The zero-order chi connectivity index (χ0) is 22.8. The van der Waals surface area contributed by atoms with Crippen LogP contribution in [0, 0.1) is 0 Å². The molecule has 2 aromatic carbocycles. The number of fused-ring (bicyclic) bond motifs is 1. The maximum atomic E-state index is 10.7. The van der Waals surface area contributed by atoms with Crippen LogP contribution in [0.5, 0.6) is 11.5 Å². The topological polar surface area (TPSA) is 110 Å². The summed E-state index contributed by atoms with van der Waals surface area (Å²) in [4.78, 5) is 17.4. The molecule has 0 fully saturated rings. The molecular weight excluding hydrogens is 433 g/mol. The zero-order valence-electron chi connectivity index (χ0n) is 18.2. The van der Waals surface area contributed by atoms with Crippen molar-refractivity contribution in [1.82, 2.24) is 5.32 Å². The Balaban J connectivity index is 1.41. The van der Waals surface area contributed by atoms with Gasteiger partial charge in [-0.25, -0.2) is 4.57 Å². The van der Waals surface area contributed by atoms with Crippen molar-refractivity contribution in [3.8, 4) is 11.5 Å². The lowest BCUT2D eigenvalue weighted by atomic mass is 10.1. The molecule has 8 nitrogen and oxygen atoms in total. The van der Waals surface area contributed by atoms with E-state index in [9.17, 15) is 4.57 Å². The van der Waals surface area contributed by atoms with Gasteiger partial charge in [0.15, 0.2) is 0 Å². The Kier molecular flexibility index (Phi) is 9.14. The lowest BCUT2D eigenvalue weighted by molar-refractivity contribution is 0.197. The third-order valence-corrected chi connectivity index (χ3v) is 5.53. The maximum absolute atomic E-state index is 10.7. The van der Waals surface area contributed by atoms with Crippen LogP contribution in [-0.2, 0) is 22.1 Å². The Bertz CT molecular complexity index is 1030. The number of nitrogens with one attached hydrogen (secondary N) is 1. The predicted molar refractivity (Wildman–Crippen MR) is 122 cm³/mol. The van der Waals surface area contributed by atoms with Crippen molar-refractivity contribution in [2.75, 3.05) is 26.9 Å². The van der Waals surface area contributed by atoms with Gasteiger partial charge in [-0.05, 0) is 55.5 Å². The highest BCUT2D eigenvalue weighted by atomic mass is 31.2. The van der Waals surface area contributed by atoms with Gasteiger partial charge in [-0.3, -0.25) is 4.52 Å². The quantitative estimate of drug-likeness (QED) is 0.238. The molecule has 1 heterocycles. The van der Waals surface area contributed by atoms with Gasteiger partial charge in [0.05, 0.1) is 32.0 Å². The number of aryl methyl sites for hydroxylation is 1. The molecule has 0 unspecified atom stereocenters. The van der Waals surface area contributed by atoms with Gasteiger partial charge in [0.1, 0.15) is 17.1 Å². The van der Waals surface area contributed by atoms with Crippen LogP contribution in [0.4, 0.5) is 0 Å². The number of unbranched alkanes of at least 4 members (excludes halogenated alkanes) is 2. The number of ether oxygens (including phenoxy) is 2. The van der Waals surface area contributed by atoms with Gasteiger partial charge >= 0.3 is 7.82 Å². The van der Waals surface area contributed by atoms with Gasteiger partial charge in [-0.15, -0.1) is 0 Å². The van der Waals surface area contributed by atoms with E-state index in [1.165, 1.54) is 5.56 Å². The van der Waals surface area contributed by atoms with Gasteiger partial charge in [0.25, 0.3) is 0 Å². The largest absolute Gasteiger partial charge is 0.497 e. The second-order valence-electron chi connectivity index (χ2n) is 7.40. The number of hydrogen-bond acceptors (Lipinski definition) is 6. The molecule has 0 atom stereocenters. The summed E-state index contributed by atoms with van der Waals surface area (Å²) in [6.45, 7) is 1.35. The fourth-order valence-corrected chi connectivity index (χ4v) is 3.77. The van der Waals surface area contributed by atoms with Gasteiger partial charge in [0.2, 0.25) is 0 Å². The summed E-state index contributed by atoms with van der Waals surface area (Å²) >= 11 is 0. The normalized spacial score (nSPS) is 11.7. The Morgan fingerprint density at radius 1 is 1.06 bits per heavy atom. The zero-order valence-corrected chi connectivity index (χ0v) is 19.1. The highest BCUT2D eigenvalue weighted by molar-refractivity contribution is 7.46. The van der Waals surface area contributed by atoms with E-state index in [4.69, 9.17) is 23.7 Å². The van der Waals surface area contributed by atoms with Gasteiger partial charge in [-0.1, -0.05) is 18.2 Å². The molecule has 3 aromatic rings. The number of rotatable bonds is 14. The van der Waals surface area contributed by atoms with E-state index >= 15 is 0 Å². The van der Waals surface area contributed by atoms with E-state index in [1.807, 2.05) is 30.3 Å². The summed E-state index contributed by atoms with van der Waals surface area (Å²) in [5.74, 6) is 1.68. The van der Waals surface area contributed by atoms with Crippen LogP contribution in [0.2, 0.25) is 0 Å². The molecular formula is C23H30NO7P. The summed E-state index contributed by atoms with van der Waals surface area (Å²) < 4.78 is 32.0. The Morgan fingerprint density at radius 2 is 1.94 bits per heavy atom. The molecule has 0 bridgehead atoms. The fourth-order valence-electron chi connectivity index (χ4n) is 3.44. The van der Waals surface area contributed by atoms with Crippen LogP contribution >= 0.6 is 7.82 Å². The standard InChI is InChI=1S/C23H30NO7P/c1-28-20-8-5-7-18(16-20)6-3-2-4-13-29-22-10-9-19(23-21(22)11-14-30-23)17-24-12-15-31-32(25,26)27/h5,7-11,14,16,24H,2-4,6,12-13,15,17H2,1H3,(H2,25,26,27). The first kappa shape index (κ1) is 24.3. The monoisotopic (exact) mass is 463 g/mol. The molecule has 0 amide bonds. The summed E-state index contributed by atoms with van der Waals surface area (Å²) in [6, 6.07) is 13.9. The summed E-state index contributed by atoms with van der Waals surface area (Å²) in [6.07, 6.45) is 5.78. The van der Waals surface area contributed by atoms with Gasteiger partial charge in [0, 0.05) is 18.7 Å². The Labute approximate surface area is 187 Å². The van der Waals surface area contributed by atoms with E-state index in [-0.39, 0.29) is 6.61 Å². The van der Waals surface area contributed by atoms with Crippen molar-refractivity contribution >= 4 is 18.8 Å². The second kappa shape index (κ2) is 12.0. The fraction of sp³-hybridized carbons (Fsp3) is 0.391. The summed E-state index contributed by atoms with van der Waals surface area (Å²) in [7, 11) is -2.75. The molecule has 1 aromatic heterocycles. The number of phosphoric ester groups is 1. The number of methoxy groups -OCH3 is 1. The lowest BCUT2D eigenvalue weighted by Crippen LogP contribution is -2.18. The number of hydrogen-bond donors (Lipinski definition) is 3. The Morgan fingerprint density at radius 3 is 2.75 bits per heavy atom. The predicted octanol–water partition coefficient (Wildman–Crippen LogP) is 4.43. The maximum Gasteiger partial charge on any atom is 0.469 e. The molecule has 0 spiro atoms. The van der Waals surface area contributed by atoms with E-state index in [1.54, 1.807) is 13.4 Å². The third-order valence-electron chi connectivity index (χ3n) is 5.01. The average molecular weight is 463 g/mol. The van der Waals surface area contributed by atoms with Gasteiger partial charge < -0.3 is 29.0 Å². The van der Waals surface area contributed by atoms with Crippen molar-refractivity contribution in [3.05, 3.63) is 59.9 Å². The van der Waals surface area contributed by atoms with Crippen LogP contribution in [0.3, 0.4) is 0 Å². The minimum atomic E-state index is -4.43. The molecule has 0 aliphatic carbocycles. The van der Waals surface area contributed by atoms with Gasteiger partial charge in [-0.2, -0.15) is 0 Å². The SMILES string of the molecule is COc1cccc(CCCCCOc2ccc(CNCCOP(=O)(O)O)c3occc23)c1. The van der Waals surface area contributed by atoms with Crippen molar-refractivity contribution in [1.29, 1.82) is 0 Å². The molecule has 174 valence electrons. The van der Waals surface area contributed by atoms with Crippen LogP contribution in [0.1, 0.15) is 30.4 Å². The molecule has 0 aliphatic rings. The highest BCUT2D eigenvalue weighted by Gasteiger charge is 2.13. The first-order valence-electron chi connectivity index (χ1n) is 10.6. The first-order valence-corrected chi connectivity index (χ1v) is 12.1. The second-order valence-corrected chi connectivity index (χ2v) is 8.64. The van der Waals surface area contributed by atoms with E-state index in [0.717, 1.165) is 53.7 Å². The van der Waals surface area contributed by atoms with Crippen molar-refractivity contribution in [2.45, 2.75) is 32.2 Å². The first-order chi connectivity index (χ1) is 15.5. The summed E-state index contributed by atoms with van der Waals surface area (Å²) in [5, 5.41) is 4.00. The van der Waals surface area contributed by atoms with Crippen molar-refractivity contribution in [2.24, 2.45) is 0 Å². The minimum absolute atomic E-state index is 0.0788. The summed E-state index contributed by atoms with van der Waals surface area (Å²) in [5.41, 5.74) is 2.96. The minimum Gasteiger partial charge on any atom is -0.497 e. The van der Waals surface area contributed by atoms with Crippen molar-refractivity contribution < 1.29 is 32.8 Å². The van der Waals surface area contributed by atoms with Crippen LogP contribution in [-0.4, -0.2) is 36.7 Å². The van der Waals surface area contributed by atoms with E-state index in [2.05, 4.69) is 22.0 Å². The average Bonchev–Trinajstić information content (AvgIpc) is 3.26. The van der Waals surface area contributed by atoms with E-state index < -0.39 is 7.82 Å². The molecule has 3 N–H and O–H groups in total. The third kappa shape index (κ3) is 7.65. The number of furan rings is 1. The van der Waals surface area contributed by atoms with Crippen LogP contribution < -0.4 is 14.8 Å². The van der Waals surface area contributed by atoms with E-state index in [0.29, 0.717) is 19.7 Å². The lowest BCUT2D eigenvalue weighted by Gasteiger charge is -2.11. The van der Waals surface area contributed by atoms with Crippen LogP contribution in [0.25, 0.3) is 11.0 Å². The molecule has 0 saturated carbocycles. The highest BCUT2D eigenvalue weighted by Crippen LogP contribution is 2.35. The number of benzene rings is 2. The van der Waals surface area contributed by atoms with Crippen LogP contribution in [0.15, 0.2) is 53.1 Å². The number of phosphoric acid groups is 1. The molecule has 32 heavy (non-hydrogen) atoms. The molecule has 9 heteroatoms.